The minimum absolute atomic E-state index is 0.00455. The fourth-order valence-electron chi connectivity index (χ4n) is 2.53. The molecule has 2 nitrogen and oxygen atoms in total. The summed E-state index contributed by atoms with van der Waals surface area (Å²) in [5, 5.41) is 0. The van der Waals surface area contributed by atoms with E-state index in [2.05, 4.69) is 30.3 Å². The zero-order chi connectivity index (χ0) is 12.4. The van der Waals surface area contributed by atoms with Gasteiger partial charge in [0.25, 0.3) is 0 Å². The van der Waals surface area contributed by atoms with E-state index in [1.54, 1.807) is 0 Å². The first-order valence-corrected chi connectivity index (χ1v) is 6.33. The Bertz CT molecular complexity index is 524. The van der Waals surface area contributed by atoms with Crippen LogP contribution in [0.15, 0.2) is 54.6 Å². The average Bonchev–Trinajstić information content (AvgIpc) is 2.75. The third-order valence-electron chi connectivity index (χ3n) is 3.54. The molecule has 2 unspecified atom stereocenters. The normalized spacial score (nSPS) is 21.8. The minimum atomic E-state index is 0.00455. The highest BCUT2D eigenvalue weighted by Gasteiger charge is 2.29. The Labute approximate surface area is 107 Å². The van der Waals surface area contributed by atoms with Gasteiger partial charge in [0.1, 0.15) is 0 Å². The van der Waals surface area contributed by atoms with Crippen molar-refractivity contribution in [2.45, 2.75) is 25.2 Å². The number of rotatable bonds is 3. The lowest BCUT2D eigenvalue weighted by Crippen LogP contribution is -2.24. The predicted octanol–water partition coefficient (Wildman–Crippen LogP) is 2.83. The Kier molecular flexibility index (Phi) is 3.13. The summed E-state index contributed by atoms with van der Waals surface area (Å²) in [7, 11) is 0. The molecular formula is C16H17NO. The van der Waals surface area contributed by atoms with Gasteiger partial charge in [0.15, 0.2) is 0 Å². The van der Waals surface area contributed by atoms with E-state index in [9.17, 15) is 0 Å². The highest BCUT2D eigenvalue weighted by molar-refractivity contribution is 5.36. The van der Waals surface area contributed by atoms with Gasteiger partial charge in [0.2, 0.25) is 0 Å². The molecule has 2 heteroatoms. The Balaban J connectivity index is 1.66. The summed E-state index contributed by atoms with van der Waals surface area (Å²) >= 11 is 0. The van der Waals surface area contributed by atoms with E-state index in [0.29, 0.717) is 6.61 Å². The molecule has 0 fully saturated rings. The first-order valence-electron chi connectivity index (χ1n) is 6.33. The van der Waals surface area contributed by atoms with Crippen LogP contribution in [0, 0.1) is 0 Å². The number of fused-ring (bicyclic) bond motifs is 1. The van der Waals surface area contributed by atoms with Crippen LogP contribution < -0.4 is 5.73 Å². The molecule has 2 atom stereocenters. The van der Waals surface area contributed by atoms with E-state index in [1.165, 1.54) is 16.7 Å². The van der Waals surface area contributed by atoms with Crippen LogP contribution in [-0.4, -0.2) is 6.10 Å². The molecule has 1 aliphatic carbocycles. The largest absolute Gasteiger partial charge is 0.371 e. The molecule has 0 saturated carbocycles. The maximum atomic E-state index is 6.23. The van der Waals surface area contributed by atoms with Gasteiger partial charge in [-0.1, -0.05) is 54.6 Å². The third kappa shape index (κ3) is 2.17. The molecule has 92 valence electrons. The van der Waals surface area contributed by atoms with Gasteiger partial charge in [-0.3, -0.25) is 0 Å². The van der Waals surface area contributed by atoms with Gasteiger partial charge in [-0.2, -0.15) is 0 Å². The molecule has 3 rings (SSSR count). The maximum Gasteiger partial charge on any atom is 0.0812 e. The Morgan fingerprint density at radius 2 is 1.72 bits per heavy atom. The number of benzene rings is 2. The summed E-state index contributed by atoms with van der Waals surface area (Å²) in [6, 6.07) is 18.6. The van der Waals surface area contributed by atoms with Gasteiger partial charge in [0.05, 0.1) is 18.8 Å². The van der Waals surface area contributed by atoms with E-state index in [4.69, 9.17) is 10.5 Å². The van der Waals surface area contributed by atoms with E-state index >= 15 is 0 Å². The van der Waals surface area contributed by atoms with Crippen molar-refractivity contribution in [1.82, 2.24) is 0 Å². The summed E-state index contributed by atoms with van der Waals surface area (Å²) in [6.45, 7) is 0.632. The zero-order valence-electron chi connectivity index (χ0n) is 10.3. The quantitative estimate of drug-likeness (QED) is 0.894. The van der Waals surface area contributed by atoms with Gasteiger partial charge in [-0.25, -0.2) is 0 Å². The lowest BCUT2D eigenvalue weighted by molar-refractivity contribution is 0.0313. The van der Waals surface area contributed by atoms with Crippen LogP contribution in [0.4, 0.5) is 0 Å². The van der Waals surface area contributed by atoms with Gasteiger partial charge in [0, 0.05) is 6.42 Å². The van der Waals surface area contributed by atoms with Crippen molar-refractivity contribution in [3.8, 4) is 0 Å². The van der Waals surface area contributed by atoms with Crippen LogP contribution in [0.1, 0.15) is 22.7 Å². The lowest BCUT2D eigenvalue weighted by Gasteiger charge is -2.17. The summed E-state index contributed by atoms with van der Waals surface area (Å²) in [4.78, 5) is 0. The first-order chi connectivity index (χ1) is 8.84. The Hall–Kier alpha value is -1.64. The van der Waals surface area contributed by atoms with Crippen LogP contribution in [0.25, 0.3) is 0 Å². The molecule has 0 bridgehead atoms. The monoisotopic (exact) mass is 239 g/mol. The smallest absolute Gasteiger partial charge is 0.0812 e. The first kappa shape index (κ1) is 11.5. The fourth-order valence-corrected chi connectivity index (χ4v) is 2.53. The van der Waals surface area contributed by atoms with Crippen LogP contribution in [-0.2, 0) is 17.8 Å². The van der Waals surface area contributed by atoms with Crippen molar-refractivity contribution >= 4 is 0 Å². The van der Waals surface area contributed by atoms with Crippen LogP contribution in [0.2, 0.25) is 0 Å². The molecule has 2 aromatic carbocycles. The van der Waals surface area contributed by atoms with Crippen molar-refractivity contribution in [2.24, 2.45) is 5.73 Å². The number of ether oxygens (including phenoxy) is 1. The van der Waals surface area contributed by atoms with E-state index in [-0.39, 0.29) is 12.1 Å². The second kappa shape index (κ2) is 4.92. The molecule has 0 aromatic heterocycles. The second-order valence-electron chi connectivity index (χ2n) is 4.76. The van der Waals surface area contributed by atoms with Crippen molar-refractivity contribution in [3.63, 3.8) is 0 Å². The van der Waals surface area contributed by atoms with Crippen molar-refractivity contribution in [1.29, 1.82) is 0 Å². The summed E-state index contributed by atoms with van der Waals surface area (Å²) in [5.74, 6) is 0. The maximum absolute atomic E-state index is 6.23. The molecule has 1 aliphatic rings. The third-order valence-corrected chi connectivity index (χ3v) is 3.54. The number of nitrogens with two attached hydrogens (primary N) is 1. The Morgan fingerprint density at radius 3 is 2.50 bits per heavy atom. The molecule has 0 heterocycles. The molecule has 0 spiro atoms. The van der Waals surface area contributed by atoms with Gasteiger partial charge in [-0.05, 0) is 16.7 Å². The zero-order valence-corrected chi connectivity index (χ0v) is 10.3. The predicted molar refractivity (Wildman–Crippen MR) is 72.1 cm³/mol. The highest BCUT2D eigenvalue weighted by atomic mass is 16.5. The van der Waals surface area contributed by atoms with Crippen molar-refractivity contribution < 1.29 is 4.74 Å². The summed E-state index contributed by atoms with van der Waals surface area (Å²) < 4.78 is 5.96. The van der Waals surface area contributed by atoms with E-state index in [0.717, 1.165) is 6.42 Å². The fraction of sp³-hybridized carbons (Fsp3) is 0.250. The average molecular weight is 239 g/mol. The molecule has 18 heavy (non-hydrogen) atoms. The second-order valence-corrected chi connectivity index (χ2v) is 4.76. The summed E-state index contributed by atoms with van der Waals surface area (Å²) in [5.41, 5.74) is 9.98. The van der Waals surface area contributed by atoms with E-state index < -0.39 is 0 Å². The van der Waals surface area contributed by atoms with Gasteiger partial charge < -0.3 is 10.5 Å². The van der Waals surface area contributed by atoms with E-state index in [1.807, 2.05) is 24.3 Å². The van der Waals surface area contributed by atoms with Crippen molar-refractivity contribution in [3.05, 3.63) is 71.3 Å². The van der Waals surface area contributed by atoms with Crippen LogP contribution in [0.5, 0.6) is 0 Å². The molecule has 0 radical (unpaired) electrons. The van der Waals surface area contributed by atoms with Crippen LogP contribution in [0.3, 0.4) is 0 Å². The SMILES string of the molecule is NC1c2ccccc2CC1OCc1ccccc1. The van der Waals surface area contributed by atoms with Gasteiger partial charge >= 0.3 is 0 Å². The molecule has 0 aliphatic heterocycles. The summed E-state index contributed by atoms with van der Waals surface area (Å²) in [6.07, 6.45) is 1.02. The highest BCUT2D eigenvalue weighted by Crippen LogP contribution is 2.31. The number of hydrogen-bond acceptors (Lipinski definition) is 2. The van der Waals surface area contributed by atoms with Crippen molar-refractivity contribution in [2.75, 3.05) is 0 Å². The lowest BCUT2D eigenvalue weighted by atomic mass is 10.1. The molecule has 0 amide bonds. The Morgan fingerprint density at radius 1 is 1.00 bits per heavy atom. The molecule has 2 aromatic rings. The van der Waals surface area contributed by atoms with Gasteiger partial charge in [-0.15, -0.1) is 0 Å². The standard InChI is InChI=1S/C16H17NO/c17-16-14-9-5-4-8-13(14)10-15(16)18-11-12-6-2-1-3-7-12/h1-9,15-16H,10-11,17H2. The molecule has 2 N–H and O–H groups in total. The minimum Gasteiger partial charge on any atom is -0.371 e. The topological polar surface area (TPSA) is 35.2 Å². The molecular weight excluding hydrogens is 222 g/mol. The van der Waals surface area contributed by atoms with Crippen LogP contribution >= 0.6 is 0 Å². The molecule has 0 saturated heterocycles. The number of hydrogen-bond donors (Lipinski definition) is 1.